The molecule has 1 N–H and O–H groups in total. The lowest BCUT2D eigenvalue weighted by molar-refractivity contribution is -0.387. The average Bonchev–Trinajstić information content (AvgIpc) is 2.45. The summed E-state index contributed by atoms with van der Waals surface area (Å²) in [5.74, 6) is 0.136. The molecule has 2 aromatic rings. The zero-order chi connectivity index (χ0) is 15.2. The number of pyridine rings is 1. The summed E-state index contributed by atoms with van der Waals surface area (Å²) in [6.07, 6.45) is 0.959. The topological polar surface area (TPSA) is 77.3 Å². The Labute approximate surface area is 120 Å². The molecule has 0 saturated heterocycles. The van der Waals surface area contributed by atoms with Crippen LogP contribution in [0.5, 0.6) is 11.6 Å². The van der Waals surface area contributed by atoms with Crippen LogP contribution in [0, 0.1) is 15.9 Å². The number of rotatable bonds is 6. The minimum Gasteiger partial charge on any atom is -0.439 e. The van der Waals surface area contributed by atoms with Crippen LogP contribution in [0.2, 0.25) is 0 Å². The van der Waals surface area contributed by atoms with E-state index in [1.54, 1.807) is 18.2 Å². The lowest BCUT2D eigenvalue weighted by Gasteiger charge is -2.08. The number of aromatic nitrogens is 1. The van der Waals surface area contributed by atoms with Crippen molar-refractivity contribution in [2.24, 2.45) is 0 Å². The number of halogens is 1. The third kappa shape index (κ3) is 3.88. The van der Waals surface area contributed by atoms with E-state index in [1.165, 1.54) is 6.07 Å². The Morgan fingerprint density at radius 1 is 1.38 bits per heavy atom. The van der Waals surface area contributed by atoms with Crippen LogP contribution in [0.4, 0.5) is 15.9 Å². The van der Waals surface area contributed by atoms with Gasteiger partial charge in [0.05, 0.1) is 4.92 Å². The quantitative estimate of drug-likeness (QED) is 0.648. The molecule has 0 aliphatic heterocycles. The molecule has 21 heavy (non-hydrogen) atoms. The molecule has 0 fully saturated rings. The van der Waals surface area contributed by atoms with Crippen molar-refractivity contribution in [3.05, 3.63) is 52.3 Å². The highest BCUT2D eigenvalue weighted by molar-refractivity contribution is 5.41. The summed E-state index contributed by atoms with van der Waals surface area (Å²) in [6.45, 7) is 2.82. The van der Waals surface area contributed by atoms with Gasteiger partial charge < -0.3 is 10.1 Å². The van der Waals surface area contributed by atoms with Gasteiger partial charge in [-0.2, -0.15) is 9.37 Å². The van der Waals surface area contributed by atoms with Gasteiger partial charge in [0.15, 0.2) is 0 Å². The van der Waals surface area contributed by atoms with E-state index in [4.69, 9.17) is 4.74 Å². The van der Waals surface area contributed by atoms with Crippen molar-refractivity contribution < 1.29 is 14.1 Å². The third-order valence-corrected chi connectivity index (χ3v) is 2.62. The van der Waals surface area contributed by atoms with Gasteiger partial charge in [-0.3, -0.25) is 10.1 Å². The fourth-order valence-corrected chi connectivity index (χ4v) is 1.64. The van der Waals surface area contributed by atoms with Crippen molar-refractivity contribution in [1.29, 1.82) is 0 Å². The van der Waals surface area contributed by atoms with Crippen LogP contribution in [0.3, 0.4) is 0 Å². The SMILES string of the molecule is CCCNc1cccc(Oc2ccc([N+](=O)[O-])c(F)c2)n1. The molecule has 0 aliphatic rings. The fraction of sp³-hybridized carbons (Fsp3) is 0.214. The molecular weight excluding hydrogens is 277 g/mol. The molecule has 0 atom stereocenters. The Hall–Kier alpha value is -2.70. The molecule has 1 aromatic carbocycles. The van der Waals surface area contributed by atoms with Crippen molar-refractivity contribution in [1.82, 2.24) is 4.98 Å². The number of nitro benzene ring substituents is 1. The van der Waals surface area contributed by atoms with Gasteiger partial charge in [0.1, 0.15) is 11.6 Å². The van der Waals surface area contributed by atoms with Gasteiger partial charge >= 0.3 is 5.69 Å². The molecule has 110 valence electrons. The van der Waals surface area contributed by atoms with Crippen LogP contribution >= 0.6 is 0 Å². The van der Waals surface area contributed by atoms with Crippen LogP contribution in [0.25, 0.3) is 0 Å². The monoisotopic (exact) mass is 291 g/mol. The Morgan fingerprint density at radius 2 is 2.19 bits per heavy atom. The molecule has 0 radical (unpaired) electrons. The first-order chi connectivity index (χ1) is 10.1. The van der Waals surface area contributed by atoms with E-state index in [0.29, 0.717) is 5.82 Å². The van der Waals surface area contributed by atoms with E-state index < -0.39 is 16.4 Å². The smallest absolute Gasteiger partial charge is 0.305 e. The molecule has 1 aromatic heterocycles. The Kier molecular flexibility index (Phi) is 4.65. The van der Waals surface area contributed by atoms with Gasteiger partial charge in [0.25, 0.3) is 0 Å². The third-order valence-electron chi connectivity index (χ3n) is 2.62. The van der Waals surface area contributed by atoms with Gasteiger partial charge in [-0.1, -0.05) is 13.0 Å². The Bertz CT molecular complexity index is 649. The number of hydrogen-bond acceptors (Lipinski definition) is 5. The summed E-state index contributed by atoms with van der Waals surface area (Å²) >= 11 is 0. The Balaban J connectivity index is 2.14. The van der Waals surface area contributed by atoms with Crippen LogP contribution in [-0.2, 0) is 0 Å². The molecular formula is C14H14FN3O3. The maximum atomic E-state index is 13.5. The molecule has 0 aliphatic carbocycles. The molecule has 1 heterocycles. The first kappa shape index (κ1) is 14.7. The minimum atomic E-state index is -0.947. The number of benzene rings is 1. The summed E-state index contributed by atoms with van der Waals surface area (Å²) in [6, 6.07) is 8.52. The lowest BCUT2D eigenvalue weighted by atomic mass is 10.3. The predicted molar refractivity (Wildman–Crippen MR) is 76.1 cm³/mol. The highest BCUT2D eigenvalue weighted by atomic mass is 19.1. The zero-order valence-electron chi connectivity index (χ0n) is 11.4. The van der Waals surface area contributed by atoms with Crippen LogP contribution in [0.1, 0.15) is 13.3 Å². The number of nitrogens with zero attached hydrogens (tertiary/aromatic N) is 2. The van der Waals surface area contributed by atoms with E-state index in [9.17, 15) is 14.5 Å². The number of hydrogen-bond donors (Lipinski definition) is 1. The lowest BCUT2D eigenvalue weighted by Crippen LogP contribution is -2.02. The second-order valence-corrected chi connectivity index (χ2v) is 4.26. The molecule has 0 spiro atoms. The van der Waals surface area contributed by atoms with Crippen molar-refractivity contribution >= 4 is 11.5 Å². The first-order valence-electron chi connectivity index (χ1n) is 6.43. The normalized spacial score (nSPS) is 10.2. The molecule has 2 rings (SSSR count). The maximum Gasteiger partial charge on any atom is 0.305 e. The van der Waals surface area contributed by atoms with E-state index >= 15 is 0 Å². The van der Waals surface area contributed by atoms with Gasteiger partial charge in [0, 0.05) is 24.7 Å². The number of anilines is 1. The van der Waals surface area contributed by atoms with Crippen molar-refractivity contribution in [3.8, 4) is 11.6 Å². The molecule has 7 heteroatoms. The predicted octanol–water partition coefficient (Wildman–Crippen LogP) is 3.74. The van der Waals surface area contributed by atoms with Crippen molar-refractivity contribution in [2.45, 2.75) is 13.3 Å². The summed E-state index contributed by atoms with van der Waals surface area (Å²) in [4.78, 5) is 14.0. The number of ether oxygens (including phenoxy) is 1. The van der Waals surface area contributed by atoms with Gasteiger partial charge in [-0.05, 0) is 18.6 Å². The summed E-state index contributed by atoms with van der Waals surface area (Å²) in [5.41, 5.74) is -0.589. The summed E-state index contributed by atoms with van der Waals surface area (Å²) < 4.78 is 18.9. The van der Waals surface area contributed by atoms with E-state index in [1.807, 2.05) is 6.92 Å². The highest BCUT2D eigenvalue weighted by Crippen LogP contribution is 2.26. The number of nitro groups is 1. The summed E-state index contributed by atoms with van der Waals surface area (Å²) in [5, 5.41) is 13.6. The zero-order valence-corrected chi connectivity index (χ0v) is 11.4. The minimum absolute atomic E-state index is 0.151. The van der Waals surface area contributed by atoms with Crippen molar-refractivity contribution in [2.75, 3.05) is 11.9 Å². The second-order valence-electron chi connectivity index (χ2n) is 4.26. The van der Waals surface area contributed by atoms with Gasteiger partial charge in [-0.15, -0.1) is 0 Å². The fourth-order valence-electron chi connectivity index (χ4n) is 1.64. The van der Waals surface area contributed by atoms with Crippen LogP contribution in [0.15, 0.2) is 36.4 Å². The van der Waals surface area contributed by atoms with Crippen molar-refractivity contribution in [3.63, 3.8) is 0 Å². The van der Waals surface area contributed by atoms with Gasteiger partial charge in [-0.25, -0.2) is 0 Å². The van der Waals surface area contributed by atoms with E-state index in [0.717, 1.165) is 25.1 Å². The standard InChI is InChI=1S/C14H14FN3O3/c1-2-8-16-13-4-3-5-14(17-13)21-10-6-7-12(18(19)20)11(15)9-10/h3-7,9H,2,8H2,1H3,(H,16,17). The Morgan fingerprint density at radius 3 is 2.86 bits per heavy atom. The average molecular weight is 291 g/mol. The van der Waals surface area contributed by atoms with Gasteiger partial charge in [0.2, 0.25) is 11.7 Å². The first-order valence-corrected chi connectivity index (χ1v) is 6.43. The molecule has 0 bridgehead atoms. The largest absolute Gasteiger partial charge is 0.439 e. The molecule has 0 saturated carbocycles. The number of nitrogens with one attached hydrogen (secondary N) is 1. The van der Waals surface area contributed by atoms with Crippen LogP contribution < -0.4 is 10.1 Å². The molecule has 0 unspecified atom stereocenters. The summed E-state index contributed by atoms with van der Waals surface area (Å²) in [7, 11) is 0. The molecule has 0 amide bonds. The highest BCUT2D eigenvalue weighted by Gasteiger charge is 2.14. The molecule has 6 nitrogen and oxygen atoms in total. The van der Waals surface area contributed by atoms with E-state index in [2.05, 4.69) is 10.3 Å². The maximum absolute atomic E-state index is 13.5. The van der Waals surface area contributed by atoms with Crippen LogP contribution in [-0.4, -0.2) is 16.5 Å². The second kappa shape index (κ2) is 6.65. The van der Waals surface area contributed by atoms with E-state index in [-0.39, 0.29) is 11.6 Å².